The zero-order chi connectivity index (χ0) is 23.3. The number of halogens is 1. The monoisotopic (exact) mass is 466 g/mol. The van der Waals surface area contributed by atoms with Crippen molar-refractivity contribution in [1.29, 1.82) is 0 Å². The van der Waals surface area contributed by atoms with Gasteiger partial charge in [0.1, 0.15) is 17.7 Å². The topological polar surface area (TPSA) is 96.2 Å². The summed E-state index contributed by atoms with van der Waals surface area (Å²) in [7, 11) is 0. The number of carbonyl (C=O) groups excluding carboxylic acids is 3. The van der Waals surface area contributed by atoms with Crippen molar-refractivity contribution in [3.63, 3.8) is 0 Å². The standard InChI is InChI=1S/C22H31FN4O4S/c1-3-32-14-19(24)21(29)26-10-8-25(9-11-26)20-7-5-16(12-18(20)23)27-13-17(31-22(27)30)6-4-15(2)28/h5,7,12,17,19H,3-4,6,8-11,13-14,24H2,1-2H3/t17-,19?/m0/s1. The van der Waals surface area contributed by atoms with Gasteiger partial charge in [0.2, 0.25) is 5.91 Å². The predicted octanol–water partition coefficient (Wildman–Crippen LogP) is 2.25. The van der Waals surface area contributed by atoms with E-state index in [-0.39, 0.29) is 17.8 Å². The van der Waals surface area contributed by atoms with Crippen LogP contribution in [0.4, 0.5) is 20.6 Å². The van der Waals surface area contributed by atoms with Crippen molar-refractivity contribution in [2.75, 3.05) is 54.0 Å². The third-order valence-electron chi connectivity index (χ3n) is 5.69. The molecule has 32 heavy (non-hydrogen) atoms. The fourth-order valence-electron chi connectivity index (χ4n) is 3.89. The van der Waals surface area contributed by atoms with Crippen LogP contribution in [0.15, 0.2) is 18.2 Å². The number of rotatable bonds is 9. The number of nitrogens with zero attached hydrogens (tertiary/aromatic N) is 3. The Morgan fingerprint density at radius 1 is 1.28 bits per heavy atom. The summed E-state index contributed by atoms with van der Waals surface area (Å²) in [5.41, 5.74) is 6.85. The second kappa shape index (κ2) is 11.0. The number of piperazine rings is 1. The molecule has 0 saturated carbocycles. The number of anilines is 2. The molecule has 0 bridgehead atoms. The summed E-state index contributed by atoms with van der Waals surface area (Å²) in [4.78, 5) is 40.9. The molecule has 176 valence electrons. The summed E-state index contributed by atoms with van der Waals surface area (Å²) in [6.45, 7) is 5.81. The third-order valence-corrected chi connectivity index (χ3v) is 6.69. The second-order valence-electron chi connectivity index (χ2n) is 8.07. The van der Waals surface area contributed by atoms with E-state index < -0.39 is 18.0 Å². The molecule has 2 fully saturated rings. The summed E-state index contributed by atoms with van der Waals surface area (Å²) in [5.74, 6) is 1.06. The molecular formula is C22H31FN4O4S. The maximum atomic E-state index is 14.9. The van der Waals surface area contributed by atoms with Crippen molar-refractivity contribution in [1.82, 2.24) is 4.90 Å². The molecule has 2 amide bonds. The van der Waals surface area contributed by atoms with Gasteiger partial charge in [-0.3, -0.25) is 9.69 Å². The first kappa shape index (κ1) is 24.3. The average molecular weight is 467 g/mol. The lowest BCUT2D eigenvalue weighted by Crippen LogP contribution is -2.54. The molecule has 2 aliphatic rings. The highest BCUT2D eigenvalue weighted by Gasteiger charge is 2.33. The summed E-state index contributed by atoms with van der Waals surface area (Å²) < 4.78 is 20.2. The van der Waals surface area contributed by atoms with Crippen LogP contribution in [0.1, 0.15) is 26.7 Å². The van der Waals surface area contributed by atoms with E-state index in [0.29, 0.717) is 62.7 Å². The first-order chi connectivity index (χ1) is 15.3. The van der Waals surface area contributed by atoms with Gasteiger partial charge >= 0.3 is 6.09 Å². The van der Waals surface area contributed by atoms with Crippen molar-refractivity contribution in [2.24, 2.45) is 5.73 Å². The van der Waals surface area contributed by atoms with E-state index in [2.05, 4.69) is 0 Å². The van der Waals surface area contributed by atoms with Crippen molar-refractivity contribution >= 4 is 40.9 Å². The number of hydrogen-bond acceptors (Lipinski definition) is 7. The van der Waals surface area contributed by atoms with Gasteiger partial charge in [-0.15, -0.1) is 0 Å². The van der Waals surface area contributed by atoms with E-state index in [4.69, 9.17) is 10.5 Å². The van der Waals surface area contributed by atoms with Crippen molar-refractivity contribution in [3.8, 4) is 0 Å². The molecule has 10 heteroatoms. The summed E-state index contributed by atoms with van der Waals surface area (Å²) >= 11 is 1.64. The van der Waals surface area contributed by atoms with Crippen LogP contribution in [-0.2, 0) is 14.3 Å². The number of nitrogens with two attached hydrogens (primary N) is 1. The predicted molar refractivity (Wildman–Crippen MR) is 124 cm³/mol. The second-order valence-corrected chi connectivity index (χ2v) is 9.39. The van der Waals surface area contributed by atoms with Crippen LogP contribution in [0, 0.1) is 5.82 Å². The highest BCUT2D eigenvalue weighted by atomic mass is 32.2. The number of cyclic esters (lactones) is 1. The zero-order valence-corrected chi connectivity index (χ0v) is 19.4. The minimum absolute atomic E-state index is 0.0403. The van der Waals surface area contributed by atoms with Gasteiger partial charge in [0, 0.05) is 38.4 Å². The van der Waals surface area contributed by atoms with Gasteiger partial charge in [0.05, 0.1) is 24.0 Å². The Kier molecular flexibility index (Phi) is 8.36. The van der Waals surface area contributed by atoms with Gasteiger partial charge in [-0.25, -0.2) is 9.18 Å². The molecule has 1 unspecified atom stereocenters. The molecule has 2 saturated heterocycles. The lowest BCUT2D eigenvalue weighted by atomic mass is 10.1. The highest BCUT2D eigenvalue weighted by molar-refractivity contribution is 7.99. The van der Waals surface area contributed by atoms with E-state index in [1.54, 1.807) is 28.8 Å². The summed E-state index contributed by atoms with van der Waals surface area (Å²) in [5, 5.41) is 0. The van der Waals surface area contributed by atoms with Gasteiger partial charge in [-0.05, 0) is 37.3 Å². The van der Waals surface area contributed by atoms with Crippen molar-refractivity contribution in [3.05, 3.63) is 24.0 Å². The molecule has 0 spiro atoms. The highest BCUT2D eigenvalue weighted by Crippen LogP contribution is 2.29. The molecule has 1 aromatic carbocycles. The molecule has 1 aromatic rings. The van der Waals surface area contributed by atoms with Gasteiger partial charge in [-0.1, -0.05) is 6.92 Å². The number of amides is 2. The molecule has 2 heterocycles. The van der Waals surface area contributed by atoms with E-state index in [1.165, 1.54) is 17.9 Å². The number of thioether (sulfide) groups is 1. The molecule has 0 aliphatic carbocycles. The van der Waals surface area contributed by atoms with Crippen LogP contribution in [0.2, 0.25) is 0 Å². The maximum absolute atomic E-state index is 14.9. The zero-order valence-electron chi connectivity index (χ0n) is 18.6. The molecular weight excluding hydrogens is 435 g/mol. The Morgan fingerprint density at radius 3 is 2.62 bits per heavy atom. The number of ether oxygens (including phenoxy) is 1. The van der Waals surface area contributed by atoms with E-state index >= 15 is 0 Å². The number of hydrogen-bond donors (Lipinski definition) is 1. The van der Waals surface area contributed by atoms with Crippen LogP contribution >= 0.6 is 11.8 Å². The Balaban J connectivity index is 1.58. The average Bonchev–Trinajstić information content (AvgIpc) is 3.16. The number of ketones is 1. The Morgan fingerprint density at radius 2 is 2.00 bits per heavy atom. The van der Waals surface area contributed by atoms with Crippen molar-refractivity contribution in [2.45, 2.75) is 38.8 Å². The van der Waals surface area contributed by atoms with Crippen molar-refractivity contribution < 1.29 is 23.5 Å². The molecule has 2 atom stereocenters. The van der Waals surface area contributed by atoms with E-state index in [9.17, 15) is 18.8 Å². The molecule has 3 rings (SSSR count). The third kappa shape index (κ3) is 5.92. The lowest BCUT2D eigenvalue weighted by molar-refractivity contribution is -0.132. The molecule has 2 N–H and O–H groups in total. The van der Waals surface area contributed by atoms with Crippen LogP contribution in [0.5, 0.6) is 0 Å². The van der Waals surface area contributed by atoms with Gasteiger partial charge in [0.25, 0.3) is 0 Å². The Labute approximate surface area is 192 Å². The van der Waals surface area contributed by atoms with Gasteiger partial charge < -0.3 is 25.1 Å². The molecule has 0 aromatic heterocycles. The molecule has 2 aliphatic heterocycles. The molecule has 8 nitrogen and oxygen atoms in total. The van der Waals surface area contributed by atoms with Crippen LogP contribution < -0.4 is 15.5 Å². The fourth-order valence-corrected chi connectivity index (χ4v) is 4.52. The number of Topliss-reactive ketones (excluding diaryl/α,β-unsaturated/α-hetero) is 1. The number of benzene rings is 1. The minimum Gasteiger partial charge on any atom is -0.444 e. The summed E-state index contributed by atoms with van der Waals surface area (Å²) in [6, 6.07) is 4.17. The first-order valence-corrected chi connectivity index (χ1v) is 12.1. The van der Waals surface area contributed by atoms with Crippen LogP contribution in [-0.4, -0.2) is 79.1 Å². The smallest absolute Gasteiger partial charge is 0.414 e. The minimum atomic E-state index is -0.532. The largest absolute Gasteiger partial charge is 0.444 e. The van der Waals surface area contributed by atoms with Crippen LogP contribution in [0.3, 0.4) is 0 Å². The SMILES string of the molecule is CCSCC(N)C(=O)N1CCN(c2ccc(N3C[C@H](CCC(C)=O)OC3=O)cc2F)CC1. The van der Waals surface area contributed by atoms with E-state index in [1.807, 2.05) is 11.8 Å². The quantitative estimate of drug-likeness (QED) is 0.596. The Bertz CT molecular complexity index is 847. The normalized spacial score (nSPS) is 19.8. The first-order valence-electron chi connectivity index (χ1n) is 10.9. The Hall–Kier alpha value is -2.33. The van der Waals surface area contributed by atoms with E-state index in [0.717, 1.165) is 5.75 Å². The fraction of sp³-hybridized carbons (Fsp3) is 0.591. The summed E-state index contributed by atoms with van der Waals surface area (Å²) in [6.07, 6.45) is -0.102. The maximum Gasteiger partial charge on any atom is 0.414 e. The lowest BCUT2D eigenvalue weighted by Gasteiger charge is -2.37. The van der Waals surface area contributed by atoms with Gasteiger partial charge in [0.15, 0.2) is 0 Å². The van der Waals surface area contributed by atoms with Gasteiger partial charge in [-0.2, -0.15) is 11.8 Å². The van der Waals surface area contributed by atoms with Crippen LogP contribution in [0.25, 0.3) is 0 Å². The number of carbonyl (C=O) groups is 3. The molecule has 0 radical (unpaired) electrons.